The van der Waals surface area contributed by atoms with Gasteiger partial charge in [0, 0.05) is 22.9 Å². The number of hydrogen-bond donors (Lipinski definition) is 0. The molecule has 0 saturated heterocycles. The molecular formula is C30H19N3O2. The van der Waals surface area contributed by atoms with Gasteiger partial charge in [-0.2, -0.15) is 0 Å². The summed E-state index contributed by atoms with van der Waals surface area (Å²) in [5, 5.41) is 15.4. The molecule has 0 N–H and O–H groups in total. The molecule has 0 fully saturated rings. The number of benzene rings is 4. The molecule has 0 saturated carbocycles. The van der Waals surface area contributed by atoms with Crippen LogP contribution in [0, 0.1) is 10.1 Å². The zero-order valence-corrected chi connectivity index (χ0v) is 18.6. The van der Waals surface area contributed by atoms with E-state index in [0.29, 0.717) is 0 Å². The van der Waals surface area contributed by atoms with E-state index < -0.39 is 4.92 Å². The molecule has 0 radical (unpaired) electrons. The van der Waals surface area contributed by atoms with Gasteiger partial charge in [0.25, 0.3) is 5.69 Å². The van der Waals surface area contributed by atoms with Crippen LogP contribution in [0.15, 0.2) is 103 Å². The lowest BCUT2D eigenvalue weighted by Crippen LogP contribution is -1.93. The lowest BCUT2D eigenvalue weighted by Gasteiger charge is -2.10. The zero-order chi connectivity index (χ0) is 23.8. The van der Waals surface area contributed by atoms with E-state index in [2.05, 4.69) is 30.3 Å². The maximum atomic E-state index is 11.0. The second-order valence-corrected chi connectivity index (χ2v) is 8.35. The smallest absolute Gasteiger partial charge is 0.258 e. The Hall–Kier alpha value is -4.90. The van der Waals surface area contributed by atoms with Gasteiger partial charge in [-0.25, -0.2) is 9.97 Å². The van der Waals surface area contributed by atoms with Crippen LogP contribution in [0.5, 0.6) is 0 Å². The van der Waals surface area contributed by atoms with Gasteiger partial charge in [0.15, 0.2) is 0 Å². The van der Waals surface area contributed by atoms with Gasteiger partial charge < -0.3 is 0 Å². The summed E-state index contributed by atoms with van der Waals surface area (Å²) in [6.07, 6.45) is 4.01. The Bertz CT molecular complexity index is 1770. The predicted octanol–water partition coefficient (Wildman–Crippen LogP) is 7.68. The molecule has 5 heteroatoms. The van der Waals surface area contributed by atoms with Crippen molar-refractivity contribution in [2.75, 3.05) is 0 Å². The number of aromatic nitrogens is 2. The largest absolute Gasteiger partial charge is 0.269 e. The fourth-order valence-electron chi connectivity index (χ4n) is 4.40. The van der Waals surface area contributed by atoms with Gasteiger partial charge in [-0.15, -0.1) is 0 Å². The Morgan fingerprint density at radius 2 is 1.37 bits per heavy atom. The van der Waals surface area contributed by atoms with Crippen LogP contribution in [0.1, 0.15) is 11.1 Å². The molecule has 166 valence electrons. The molecule has 0 aliphatic rings. The zero-order valence-electron chi connectivity index (χ0n) is 18.6. The standard InChI is InChI=1S/C30H19N3O2/c34-33(35)24-15-10-20(11-16-24)9-12-23-19-29(27-17-14-22-6-2-4-8-26(22)31-27)32-28-18-13-21-5-1-3-7-25(21)30(23)28/h1-19H. The summed E-state index contributed by atoms with van der Waals surface area (Å²) >= 11 is 0. The van der Waals surface area contributed by atoms with Gasteiger partial charge in [0.1, 0.15) is 0 Å². The normalized spacial score (nSPS) is 11.5. The van der Waals surface area contributed by atoms with Gasteiger partial charge in [0.05, 0.1) is 27.3 Å². The van der Waals surface area contributed by atoms with Gasteiger partial charge in [-0.3, -0.25) is 10.1 Å². The number of para-hydroxylation sites is 1. The average Bonchev–Trinajstić information content (AvgIpc) is 2.91. The van der Waals surface area contributed by atoms with Crippen molar-refractivity contribution in [1.82, 2.24) is 9.97 Å². The van der Waals surface area contributed by atoms with Crippen molar-refractivity contribution in [3.05, 3.63) is 124 Å². The predicted molar refractivity (Wildman–Crippen MR) is 142 cm³/mol. The summed E-state index contributed by atoms with van der Waals surface area (Å²) in [5.74, 6) is 0. The fourth-order valence-corrected chi connectivity index (χ4v) is 4.40. The molecule has 0 bridgehead atoms. The Balaban J connectivity index is 1.54. The van der Waals surface area contributed by atoms with Gasteiger partial charge in [-0.05, 0) is 58.3 Å². The molecule has 6 rings (SSSR count). The molecule has 6 aromatic rings. The lowest BCUT2D eigenvalue weighted by atomic mass is 9.98. The molecule has 0 unspecified atom stereocenters. The van der Waals surface area contributed by atoms with Crippen molar-refractivity contribution < 1.29 is 4.92 Å². The summed E-state index contributed by atoms with van der Waals surface area (Å²) in [6.45, 7) is 0. The Morgan fingerprint density at radius 3 is 2.20 bits per heavy atom. The van der Waals surface area contributed by atoms with Crippen molar-refractivity contribution in [1.29, 1.82) is 0 Å². The molecule has 4 aromatic carbocycles. The second-order valence-electron chi connectivity index (χ2n) is 8.35. The Labute approximate surface area is 201 Å². The highest BCUT2D eigenvalue weighted by Gasteiger charge is 2.11. The average molecular weight is 454 g/mol. The van der Waals surface area contributed by atoms with E-state index in [1.807, 2.05) is 60.7 Å². The van der Waals surface area contributed by atoms with Gasteiger partial charge in [-0.1, -0.05) is 66.7 Å². The topological polar surface area (TPSA) is 68.9 Å². The molecular weight excluding hydrogens is 434 g/mol. The summed E-state index contributed by atoms with van der Waals surface area (Å²) in [4.78, 5) is 20.4. The molecule has 2 heterocycles. The highest BCUT2D eigenvalue weighted by atomic mass is 16.6. The van der Waals surface area contributed by atoms with Gasteiger partial charge in [0.2, 0.25) is 0 Å². The lowest BCUT2D eigenvalue weighted by molar-refractivity contribution is -0.384. The maximum absolute atomic E-state index is 11.0. The van der Waals surface area contributed by atoms with Crippen LogP contribution >= 0.6 is 0 Å². The first-order chi connectivity index (χ1) is 17.2. The number of hydrogen-bond acceptors (Lipinski definition) is 4. The molecule has 35 heavy (non-hydrogen) atoms. The third kappa shape index (κ3) is 3.89. The number of rotatable bonds is 4. The molecule has 0 amide bonds. The summed E-state index contributed by atoms with van der Waals surface area (Å²) in [5.41, 5.74) is 5.38. The molecule has 2 aromatic heterocycles. The molecule has 5 nitrogen and oxygen atoms in total. The van der Waals surface area contributed by atoms with Crippen LogP contribution in [-0.4, -0.2) is 14.9 Å². The SMILES string of the molecule is O=[N+]([O-])c1ccc(C=Cc2cc(-c3ccc4ccccc4n3)nc3ccc4ccccc4c23)cc1. The van der Waals surface area contributed by atoms with Crippen LogP contribution in [0.2, 0.25) is 0 Å². The van der Waals surface area contributed by atoms with E-state index in [-0.39, 0.29) is 5.69 Å². The second kappa shape index (κ2) is 8.47. The van der Waals surface area contributed by atoms with Crippen molar-refractivity contribution >= 4 is 50.4 Å². The van der Waals surface area contributed by atoms with Crippen molar-refractivity contribution in [2.24, 2.45) is 0 Å². The number of pyridine rings is 2. The van der Waals surface area contributed by atoms with Crippen LogP contribution in [0.4, 0.5) is 5.69 Å². The quantitative estimate of drug-likeness (QED) is 0.156. The van der Waals surface area contributed by atoms with E-state index in [4.69, 9.17) is 9.97 Å². The van der Waals surface area contributed by atoms with E-state index in [1.54, 1.807) is 12.1 Å². The van der Waals surface area contributed by atoms with E-state index in [0.717, 1.165) is 55.1 Å². The Morgan fingerprint density at radius 1 is 0.657 bits per heavy atom. The van der Waals surface area contributed by atoms with Crippen LogP contribution in [0.25, 0.3) is 56.1 Å². The van der Waals surface area contributed by atoms with Gasteiger partial charge >= 0.3 is 0 Å². The number of nitrogens with zero attached hydrogens (tertiary/aromatic N) is 3. The third-order valence-corrected chi connectivity index (χ3v) is 6.15. The minimum atomic E-state index is -0.390. The molecule has 0 spiro atoms. The Kier molecular flexibility index (Phi) is 5.00. The summed E-state index contributed by atoms with van der Waals surface area (Å²) in [7, 11) is 0. The minimum Gasteiger partial charge on any atom is -0.258 e. The molecule has 0 atom stereocenters. The number of fused-ring (bicyclic) bond motifs is 4. The minimum absolute atomic E-state index is 0.0761. The monoisotopic (exact) mass is 453 g/mol. The van der Waals surface area contributed by atoms with E-state index >= 15 is 0 Å². The number of nitro benzene ring substituents is 1. The highest BCUT2D eigenvalue weighted by Crippen LogP contribution is 2.32. The summed E-state index contributed by atoms with van der Waals surface area (Å²) in [6, 6.07) is 33.1. The first kappa shape index (κ1) is 20.7. The summed E-state index contributed by atoms with van der Waals surface area (Å²) < 4.78 is 0. The van der Waals surface area contributed by atoms with Crippen molar-refractivity contribution in [3.63, 3.8) is 0 Å². The van der Waals surface area contributed by atoms with E-state index in [9.17, 15) is 10.1 Å². The van der Waals surface area contributed by atoms with Crippen molar-refractivity contribution in [3.8, 4) is 11.4 Å². The molecule has 0 aliphatic carbocycles. The highest BCUT2D eigenvalue weighted by molar-refractivity contribution is 6.11. The molecule has 0 aliphatic heterocycles. The third-order valence-electron chi connectivity index (χ3n) is 6.15. The maximum Gasteiger partial charge on any atom is 0.269 e. The first-order valence-corrected chi connectivity index (χ1v) is 11.3. The number of nitro groups is 1. The first-order valence-electron chi connectivity index (χ1n) is 11.3. The van der Waals surface area contributed by atoms with Crippen LogP contribution in [-0.2, 0) is 0 Å². The van der Waals surface area contributed by atoms with Crippen LogP contribution in [0.3, 0.4) is 0 Å². The fraction of sp³-hybridized carbons (Fsp3) is 0. The van der Waals surface area contributed by atoms with Crippen LogP contribution < -0.4 is 0 Å². The van der Waals surface area contributed by atoms with Crippen molar-refractivity contribution in [2.45, 2.75) is 0 Å². The number of non-ortho nitro benzene ring substituents is 1. The van der Waals surface area contributed by atoms with E-state index in [1.165, 1.54) is 12.1 Å².